The number of benzene rings is 1. The molecule has 0 N–H and O–H groups in total. The first-order valence-corrected chi connectivity index (χ1v) is 4.98. The van der Waals surface area contributed by atoms with Crippen molar-refractivity contribution in [2.45, 2.75) is 0 Å². The second-order valence-electron chi connectivity index (χ2n) is 2.74. The van der Waals surface area contributed by atoms with E-state index in [0.29, 0.717) is 5.69 Å². The molecule has 0 spiro atoms. The summed E-state index contributed by atoms with van der Waals surface area (Å²) >= 11 is 1.68. The average Bonchev–Trinajstić information content (AvgIpc) is 2.61. The molecule has 0 aliphatic carbocycles. The van der Waals surface area contributed by atoms with E-state index in [4.69, 9.17) is 5.39 Å². The van der Waals surface area contributed by atoms with Crippen molar-refractivity contribution >= 4 is 34.4 Å². The van der Waals surface area contributed by atoms with Gasteiger partial charge in [0.1, 0.15) is 0 Å². The van der Waals surface area contributed by atoms with Crippen molar-refractivity contribution in [2.24, 2.45) is 0 Å². The second kappa shape index (κ2) is 4.94. The minimum atomic E-state index is -6.00. The summed E-state index contributed by atoms with van der Waals surface area (Å²) in [4.78, 5) is 3.10. The maximum Gasteiger partial charge on any atom is 0.673 e. The lowest BCUT2D eigenvalue weighted by Crippen LogP contribution is -2.02. The number of thiophene rings is 1. The lowest BCUT2D eigenvalue weighted by Gasteiger charge is -1.94. The van der Waals surface area contributed by atoms with Crippen molar-refractivity contribution in [3.63, 3.8) is 0 Å². The second-order valence-corrected chi connectivity index (χ2v) is 3.69. The Morgan fingerprint density at radius 2 is 1.75 bits per heavy atom. The van der Waals surface area contributed by atoms with Crippen molar-refractivity contribution in [1.82, 2.24) is 0 Å². The molecule has 0 radical (unpaired) electrons. The van der Waals surface area contributed by atoms with E-state index >= 15 is 0 Å². The van der Waals surface area contributed by atoms with Crippen LogP contribution in [-0.2, 0) is 0 Å². The van der Waals surface area contributed by atoms with Crippen molar-refractivity contribution in [1.29, 1.82) is 5.39 Å². The quantitative estimate of drug-likeness (QED) is 0.377. The Kier molecular flexibility index (Phi) is 3.85. The number of hydrogen-bond acceptors (Lipinski definition) is 2. The van der Waals surface area contributed by atoms with E-state index in [1.165, 1.54) is 4.70 Å². The highest BCUT2D eigenvalue weighted by Crippen LogP contribution is 2.25. The third kappa shape index (κ3) is 4.27. The minimum absolute atomic E-state index is 0.607. The van der Waals surface area contributed by atoms with E-state index in [2.05, 4.69) is 4.98 Å². The molecule has 0 saturated heterocycles. The molecular formula is C8H5BF4N2S. The van der Waals surface area contributed by atoms with Crippen LogP contribution in [0, 0.1) is 5.39 Å². The Balaban J connectivity index is 0.000000221. The zero-order valence-corrected chi connectivity index (χ0v) is 8.60. The summed E-state index contributed by atoms with van der Waals surface area (Å²) < 4.78 is 40.2. The standard InChI is InChI=1S/C8H5N2S.BF4/c9-10-7-1-2-8-6(5-7)3-4-11-8;2-1(3,4)5/h1-5H;/q+1;-1. The van der Waals surface area contributed by atoms with Crippen molar-refractivity contribution in [3.8, 4) is 0 Å². The normalized spacial score (nSPS) is 10.4. The fourth-order valence-corrected chi connectivity index (χ4v) is 1.79. The highest BCUT2D eigenvalue weighted by Gasteiger charge is 2.20. The molecule has 84 valence electrons. The van der Waals surface area contributed by atoms with Crippen LogP contribution in [-0.4, -0.2) is 7.25 Å². The summed E-state index contributed by atoms with van der Waals surface area (Å²) in [5.74, 6) is 0. The van der Waals surface area contributed by atoms with E-state index in [1.54, 1.807) is 17.4 Å². The van der Waals surface area contributed by atoms with Gasteiger partial charge < -0.3 is 17.3 Å². The Bertz CT molecular complexity index is 510. The molecule has 1 aromatic heterocycles. The summed E-state index contributed by atoms with van der Waals surface area (Å²) in [7, 11) is -6.00. The van der Waals surface area contributed by atoms with Gasteiger partial charge in [-0.05, 0) is 17.5 Å². The first-order chi connectivity index (χ1) is 7.40. The molecule has 2 aromatic rings. The number of fused-ring (bicyclic) bond motifs is 1. The Labute approximate surface area is 92.2 Å². The van der Waals surface area contributed by atoms with Crippen molar-refractivity contribution in [2.75, 3.05) is 0 Å². The molecule has 2 rings (SSSR count). The third-order valence-corrected chi connectivity index (χ3v) is 2.45. The van der Waals surface area contributed by atoms with Gasteiger partial charge in [0.15, 0.2) is 4.98 Å². The predicted molar refractivity (Wildman–Crippen MR) is 56.8 cm³/mol. The fraction of sp³-hybridized carbons (Fsp3) is 0. The Morgan fingerprint density at radius 3 is 2.31 bits per heavy atom. The maximum absolute atomic E-state index is 9.75. The summed E-state index contributed by atoms with van der Waals surface area (Å²) in [5, 5.41) is 11.6. The number of hydrogen-bond donors (Lipinski definition) is 0. The zero-order chi connectivity index (χ0) is 12.2. The first kappa shape index (κ1) is 12.5. The molecule has 0 fully saturated rings. The maximum atomic E-state index is 9.75. The topological polar surface area (TPSA) is 28.1 Å². The number of diazo groups is 1. The molecule has 0 bridgehead atoms. The monoisotopic (exact) mass is 248 g/mol. The SMILES string of the molecule is F[B-](F)(F)F.N#[N+]c1ccc2sccc2c1. The van der Waals surface area contributed by atoms with E-state index < -0.39 is 7.25 Å². The summed E-state index contributed by atoms with van der Waals surface area (Å²) in [6.07, 6.45) is 0. The van der Waals surface area contributed by atoms with Gasteiger partial charge in [-0.3, -0.25) is 0 Å². The lowest BCUT2D eigenvalue weighted by atomic mass is 10.2. The molecule has 0 unspecified atom stereocenters. The van der Waals surface area contributed by atoms with Gasteiger partial charge in [0, 0.05) is 22.2 Å². The van der Waals surface area contributed by atoms with Crippen LogP contribution in [0.5, 0.6) is 0 Å². The molecule has 2 nitrogen and oxygen atoms in total. The van der Waals surface area contributed by atoms with Crippen molar-refractivity contribution in [3.05, 3.63) is 34.6 Å². The zero-order valence-electron chi connectivity index (χ0n) is 7.78. The van der Waals surface area contributed by atoms with Crippen molar-refractivity contribution < 1.29 is 17.3 Å². The number of nitrogens with zero attached hydrogens (tertiary/aromatic N) is 2. The van der Waals surface area contributed by atoms with Crippen LogP contribution in [0.15, 0.2) is 29.6 Å². The van der Waals surface area contributed by atoms with Crippen LogP contribution in [0.3, 0.4) is 0 Å². The summed E-state index contributed by atoms with van der Waals surface area (Å²) in [6.45, 7) is 0. The molecule has 1 heterocycles. The van der Waals surface area contributed by atoms with E-state index in [-0.39, 0.29) is 0 Å². The average molecular weight is 248 g/mol. The fourth-order valence-electron chi connectivity index (χ4n) is 1.02. The van der Waals surface area contributed by atoms with Gasteiger partial charge in [-0.1, -0.05) is 0 Å². The minimum Gasteiger partial charge on any atom is -0.418 e. The van der Waals surface area contributed by atoms with Gasteiger partial charge in [0.2, 0.25) is 5.39 Å². The number of halogens is 4. The first-order valence-electron chi connectivity index (χ1n) is 4.10. The van der Waals surface area contributed by atoms with E-state index in [9.17, 15) is 17.3 Å². The summed E-state index contributed by atoms with van der Waals surface area (Å²) in [5.41, 5.74) is 0.607. The van der Waals surface area contributed by atoms with Gasteiger partial charge in [-0.15, -0.1) is 11.3 Å². The van der Waals surface area contributed by atoms with E-state index in [0.717, 1.165) is 5.39 Å². The molecule has 0 atom stereocenters. The van der Waals surface area contributed by atoms with Gasteiger partial charge in [0.05, 0.1) is 0 Å². The molecule has 0 amide bonds. The molecule has 0 saturated carbocycles. The third-order valence-electron chi connectivity index (χ3n) is 1.55. The van der Waals surface area contributed by atoms with Crippen LogP contribution in [0.4, 0.5) is 23.0 Å². The Hall–Kier alpha value is -1.62. The van der Waals surface area contributed by atoms with Gasteiger partial charge >= 0.3 is 12.9 Å². The predicted octanol–water partition coefficient (Wildman–Crippen LogP) is 4.69. The van der Waals surface area contributed by atoms with Gasteiger partial charge in [-0.2, -0.15) is 0 Å². The molecule has 16 heavy (non-hydrogen) atoms. The highest BCUT2D eigenvalue weighted by molar-refractivity contribution is 7.17. The van der Waals surface area contributed by atoms with E-state index in [1.807, 2.05) is 23.6 Å². The highest BCUT2D eigenvalue weighted by atomic mass is 32.1. The smallest absolute Gasteiger partial charge is 0.418 e. The van der Waals surface area contributed by atoms with Crippen LogP contribution in [0.25, 0.3) is 15.1 Å². The molecular weight excluding hydrogens is 243 g/mol. The van der Waals surface area contributed by atoms with Gasteiger partial charge in [-0.25, -0.2) is 0 Å². The summed E-state index contributed by atoms with van der Waals surface area (Å²) in [6, 6.07) is 7.61. The Morgan fingerprint density at radius 1 is 1.12 bits per heavy atom. The molecule has 0 aliphatic heterocycles. The lowest BCUT2D eigenvalue weighted by molar-refractivity contribution is 0.368. The molecule has 1 aromatic carbocycles. The van der Waals surface area contributed by atoms with Crippen LogP contribution in [0.2, 0.25) is 0 Å². The molecule has 8 heteroatoms. The van der Waals surface area contributed by atoms with Crippen LogP contribution < -0.4 is 0 Å². The van der Waals surface area contributed by atoms with Crippen LogP contribution >= 0.6 is 11.3 Å². The largest absolute Gasteiger partial charge is 0.673 e. The molecule has 0 aliphatic rings. The number of rotatable bonds is 0. The van der Waals surface area contributed by atoms with Crippen LogP contribution in [0.1, 0.15) is 0 Å². The van der Waals surface area contributed by atoms with Gasteiger partial charge in [0.25, 0.3) is 0 Å².